The Kier molecular flexibility index (Phi) is 4.23. The number of methoxy groups -OCH3 is 1. The molecular formula is C15H14N4O3. The number of azo groups is 1. The highest BCUT2D eigenvalue weighted by Gasteiger charge is 2.17. The van der Waals surface area contributed by atoms with Crippen molar-refractivity contribution in [2.45, 2.75) is 6.92 Å². The molecule has 0 fully saturated rings. The van der Waals surface area contributed by atoms with Crippen molar-refractivity contribution in [3.05, 3.63) is 45.7 Å². The molecule has 0 saturated heterocycles. The lowest BCUT2D eigenvalue weighted by atomic mass is 10.1. The van der Waals surface area contributed by atoms with Gasteiger partial charge in [-0.1, -0.05) is 12.1 Å². The van der Waals surface area contributed by atoms with Crippen molar-refractivity contribution in [3.63, 3.8) is 0 Å². The number of aromatic hydroxyl groups is 1. The van der Waals surface area contributed by atoms with Gasteiger partial charge in [-0.05, 0) is 19.1 Å². The third-order valence-electron chi connectivity index (χ3n) is 3.23. The third-order valence-corrected chi connectivity index (χ3v) is 3.23. The zero-order valence-electron chi connectivity index (χ0n) is 12.4. The van der Waals surface area contributed by atoms with Crippen LogP contribution in [0.4, 0.5) is 11.4 Å². The van der Waals surface area contributed by atoms with E-state index in [9.17, 15) is 9.90 Å². The largest absolute Gasteiger partial charge is 0.494 e. The molecule has 0 unspecified atom stereocenters. The van der Waals surface area contributed by atoms with Crippen molar-refractivity contribution >= 4 is 11.4 Å². The van der Waals surface area contributed by atoms with Crippen LogP contribution in [0, 0.1) is 18.3 Å². The fourth-order valence-electron chi connectivity index (χ4n) is 1.94. The third kappa shape index (κ3) is 2.54. The van der Waals surface area contributed by atoms with Crippen LogP contribution < -0.4 is 10.3 Å². The van der Waals surface area contributed by atoms with Crippen LogP contribution in [-0.2, 0) is 7.05 Å². The van der Waals surface area contributed by atoms with Crippen LogP contribution >= 0.6 is 0 Å². The molecule has 7 heteroatoms. The number of aromatic nitrogens is 1. The molecule has 0 saturated carbocycles. The minimum atomic E-state index is -0.535. The fraction of sp³-hybridized carbons (Fsp3) is 0.200. The smallest absolute Gasteiger partial charge is 0.281 e. The molecule has 0 aliphatic carbocycles. The molecule has 1 aromatic heterocycles. The quantitative estimate of drug-likeness (QED) is 0.880. The molecule has 1 aromatic carbocycles. The molecule has 1 N–H and O–H groups in total. The molecule has 0 amide bonds. The standard InChI is InChI=1S/C15H14N4O3/c1-9-10(8-16)14(20)19(2)15(21)13(9)18-17-11-6-4-5-7-12(11)22-3/h4-7,20H,1-3H3. The monoisotopic (exact) mass is 298 g/mol. The molecule has 0 radical (unpaired) electrons. The van der Waals surface area contributed by atoms with Gasteiger partial charge in [0.25, 0.3) is 5.56 Å². The van der Waals surface area contributed by atoms with Crippen molar-refractivity contribution in [1.82, 2.24) is 4.57 Å². The van der Waals surface area contributed by atoms with Gasteiger partial charge in [0.05, 0.1) is 7.11 Å². The molecule has 2 aromatic rings. The van der Waals surface area contributed by atoms with Crippen LogP contribution in [0.1, 0.15) is 11.1 Å². The number of rotatable bonds is 3. The molecule has 1 heterocycles. The first-order valence-electron chi connectivity index (χ1n) is 6.38. The van der Waals surface area contributed by atoms with E-state index in [0.717, 1.165) is 4.57 Å². The summed E-state index contributed by atoms with van der Waals surface area (Å²) in [6.07, 6.45) is 0. The van der Waals surface area contributed by atoms with Crippen LogP contribution in [-0.4, -0.2) is 16.8 Å². The number of pyridine rings is 1. The van der Waals surface area contributed by atoms with E-state index in [1.807, 2.05) is 6.07 Å². The van der Waals surface area contributed by atoms with Crippen molar-refractivity contribution in [3.8, 4) is 17.7 Å². The average molecular weight is 298 g/mol. The average Bonchev–Trinajstić information content (AvgIpc) is 2.53. The van der Waals surface area contributed by atoms with Gasteiger partial charge >= 0.3 is 0 Å². The Morgan fingerprint density at radius 3 is 2.64 bits per heavy atom. The molecule has 112 valence electrons. The molecule has 0 bridgehead atoms. The lowest BCUT2D eigenvalue weighted by Gasteiger charge is -2.08. The summed E-state index contributed by atoms with van der Waals surface area (Å²) in [5.74, 6) is 0.126. The predicted octanol–water partition coefficient (Wildman–Crippen LogP) is 2.70. The normalized spacial score (nSPS) is 10.6. The molecule has 7 nitrogen and oxygen atoms in total. The van der Waals surface area contributed by atoms with Gasteiger partial charge in [-0.3, -0.25) is 9.36 Å². The SMILES string of the molecule is COc1ccccc1N=Nc1c(C)c(C#N)c(O)n(C)c1=O. The first-order chi connectivity index (χ1) is 10.5. The van der Waals surface area contributed by atoms with E-state index in [2.05, 4.69) is 10.2 Å². The van der Waals surface area contributed by atoms with E-state index in [1.165, 1.54) is 21.1 Å². The highest BCUT2D eigenvalue weighted by atomic mass is 16.5. The first-order valence-corrected chi connectivity index (χ1v) is 6.38. The van der Waals surface area contributed by atoms with Crippen LogP contribution in [0.2, 0.25) is 0 Å². The van der Waals surface area contributed by atoms with Crippen LogP contribution in [0.15, 0.2) is 39.3 Å². The van der Waals surface area contributed by atoms with Crippen molar-refractivity contribution in [2.75, 3.05) is 7.11 Å². The number of hydrogen-bond donors (Lipinski definition) is 1. The molecular weight excluding hydrogens is 284 g/mol. The zero-order chi connectivity index (χ0) is 16.3. The topological polar surface area (TPSA) is 100.0 Å². The minimum absolute atomic E-state index is 0.00255. The Labute approximate surface area is 126 Å². The second-order valence-electron chi connectivity index (χ2n) is 4.52. The van der Waals surface area contributed by atoms with Crippen LogP contribution in [0.5, 0.6) is 11.6 Å². The molecule has 0 aliphatic heterocycles. The van der Waals surface area contributed by atoms with E-state index >= 15 is 0 Å². The van der Waals surface area contributed by atoms with Gasteiger partial charge in [-0.2, -0.15) is 5.26 Å². The van der Waals surface area contributed by atoms with Gasteiger partial charge in [0, 0.05) is 12.6 Å². The number of benzene rings is 1. The van der Waals surface area contributed by atoms with E-state index in [4.69, 9.17) is 10.00 Å². The second kappa shape index (κ2) is 6.10. The summed E-state index contributed by atoms with van der Waals surface area (Å²) < 4.78 is 6.11. The van der Waals surface area contributed by atoms with Gasteiger partial charge in [-0.15, -0.1) is 10.2 Å². The van der Waals surface area contributed by atoms with Gasteiger partial charge in [0.2, 0.25) is 5.88 Å². The van der Waals surface area contributed by atoms with Crippen molar-refractivity contribution < 1.29 is 9.84 Å². The van der Waals surface area contributed by atoms with Gasteiger partial charge in [0.1, 0.15) is 23.1 Å². The maximum absolute atomic E-state index is 12.2. The Morgan fingerprint density at radius 1 is 1.32 bits per heavy atom. The van der Waals surface area contributed by atoms with E-state index in [-0.39, 0.29) is 22.7 Å². The van der Waals surface area contributed by atoms with Crippen LogP contribution in [0.3, 0.4) is 0 Å². The zero-order valence-corrected chi connectivity index (χ0v) is 12.4. The molecule has 0 atom stereocenters. The summed E-state index contributed by atoms with van der Waals surface area (Å²) in [6, 6.07) is 8.82. The lowest BCUT2D eigenvalue weighted by Crippen LogP contribution is -2.18. The predicted molar refractivity (Wildman–Crippen MR) is 80.0 cm³/mol. The van der Waals surface area contributed by atoms with Crippen molar-refractivity contribution in [1.29, 1.82) is 5.26 Å². The minimum Gasteiger partial charge on any atom is -0.494 e. The summed E-state index contributed by atoms with van der Waals surface area (Å²) in [5, 5.41) is 26.8. The number of hydrogen-bond acceptors (Lipinski definition) is 6. The first kappa shape index (κ1) is 15.3. The Balaban J connectivity index is 2.60. The number of ether oxygens (including phenoxy) is 1. The number of nitrogens with zero attached hydrogens (tertiary/aromatic N) is 4. The highest BCUT2D eigenvalue weighted by Crippen LogP contribution is 2.30. The van der Waals surface area contributed by atoms with Crippen LogP contribution in [0.25, 0.3) is 0 Å². The Bertz CT molecular complexity index is 847. The summed E-state index contributed by atoms with van der Waals surface area (Å²) in [4.78, 5) is 12.2. The Hall–Kier alpha value is -3.14. The second-order valence-corrected chi connectivity index (χ2v) is 4.52. The lowest BCUT2D eigenvalue weighted by molar-refractivity contribution is 0.415. The van der Waals surface area contributed by atoms with Crippen molar-refractivity contribution in [2.24, 2.45) is 17.3 Å². The number of para-hydroxylation sites is 1. The molecule has 0 aliphatic rings. The summed E-state index contributed by atoms with van der Waals surface area (Å²) in [6.45, 7) is 1.54. The molecule has 22 heavy (non-hydrogen) atoms. The summed E-state index contributed by atoms with van der Waals surface area (Å²) in [7, 11) is 2.87. The van der Waals surface area contributed by atoms with Gasteiger partial charge in [0.15, 0.2) is 5.69 Å². The Morgan fingerprint density at radius 2 is 2.00 bits per heavy atom. The van der Waals surface area contributed by atoms with E-state index in [0.29, 0.717) is 11.4 Å². The number of nitriles is 1. The highest BCUT2D eigenvalue weighted by molar-refractivity contribution is 5.57. The van der Waals surface area contributed by atoms with Gasteiger partial charge in [-0.25, -0.2) is 0 Å². The maximum Gasteiger partial charge on any atom is 0.281 e. The fourth-order valence-corrected chi connectivity index (χ4v) is 1.94. The summed E-state index contributed by atoms with van der Waals surface area (Å²) in [5.41, 5.74) is 0.200. The van der Waals surface area contributed by atoms with Gasteiger partial charge < -0.3 is 9.84 Å². The molecule has 0 spiro atoms. The summed E-state index contributed by atoms with van der Waals surface area (Å²) >= 11 is 0. The van der Waals surface area contributed by atoms with E-state index in [1.54, 1.807) is 24.3 Å². The van der Waals surface area contributed by atoms with E-state index < -0.39 is 5.56 Å². The maximum atomic E-state index is 12.2. The molecule has 2 rings (SSSR count).